The molecule has 1 fully saturated rings. The van der Waals surface area contributed by atoms with Gasteiger partial charge in [-0.25, -0.2) is 0 Å². The summed E-state index contributed by atoms with van der Waals surface area (Å²) >= 11 is 5.60. The van der Waals surface area contributed by atoms with E-state index in [0.717, 1.165) is 30.0 Å². The fraction of sp³-hybridized carbons (Fsp3) is 0.562. The van der Waals surface area contributed by atoms with Crippen molar-refractivity contribution in [2.45, 2.75) is 34.1 Å². The highest BCUT2D eigenvalue weighted by Crippen LogP contribution is 2.24. The van der Waals surface area contributed by atoms with Crippen molar-refractivity contribution < 1.29 is 0 Å². The Labute approximate surface area is 122 Å². The highest BCUT2D eigenvalue weighted by molar-refractivity contribution is 7.80. The Hall–Kier alpha value is -1.09. The van der Waals surface area contributed by atoms with Gasteiger partial charge in [-0.3, -0.25) is 0 Å². The lowest BCUT2D eigenvalue weighted by Crippen LogP contribution is -2.44. The third-order valence-electron chi connectivity index (χ3n) is 3.87. The number of aryl methyl sites for hydroxylation is 2. The zero-order chi connectivity index (χ0) is 14.0. The Bertz CT molecular complexity index is 440. The highest BCUT2D eigenvalue weighted by Gasteiger charge is 2.23. The largest absolute Gasteiger partial charge is 0.348 e. The summed E-state index contributed by atoms with van der Waals surface area (Å²) in [5.41, 5.74) is 3.67. The second-order valence-electron chi connectivity index (χ2n) is 6.05. The van der Waals surface area contributed by atoms with E-state index in [4.69, 9.17) is 12.2 Å². The van der Waals surface area contributed by atoms with Crippen molar-refractivity contribution in [3.05, 3.63) is 29.3 Å². The number of anilines is 1. The molecular formula is C16H24N2S. The van der Waals surface area contributed by atoms with Gasteiger partial charge >= 0.3 is 0 Å². The summed E-state index contributed by atoms with van der Waals surface area (Å²) in [5, 5.41) is 4.32. The molecular weight excluding hydrogens is 252 g/mol. The maximum atomic E-state index is 5.60. The number of thiocarbonyl (C=S) groups is 1. The number of nitrogens with one attached hydrogen (secondary N) is 1. The molecule has 0 spiro atoms. The van der Waals surface area contributed by atoms with E-state index >= 15 is 0 Å². The van der Waals surface area contributed by atoms with E-state index in [-0.39, 0.29) is 0 Å². The van der Waals surface area contributed by atoms with E-state index in [1.807, 2.05) is 0 Å². The molecule has 2 unspecified atom stereocenters. The van der Waals surface area contributed by atoms with E-state index < -0.39 is 0 Å². The van der Waals surface area contributed by atoms with Crippen LogP contribution in [0.25, 0.3) is 0 Å². The van der Waals surface area contributed by atoms with Gasteiger partial charge in [-0.1, -0.05) is 32.0 Å². The summed E-state index contributed by atoms with van der Waals surface area (Å²) in [6.07, 6.45) is 1.31. The lowest BCUT2D eigenvalue weighted by atomic mass is 9.92. The van der Waals surface area contributed by atoms with Gasteiger partial charge in [0.15, 0.2) is 5.11 Å². The van der Waals surface area contributed by atoms with Gasteiger partial charge in [0.05, 0.1) is 0 Å². The Kier molecular flexibility index (Phi) is 4.46. The Morgan fingerprint density at radius 2 is 1.68 bits per heavy atom. The summed E-state index contributed by atoms with van der Waals surface area (Å²) in [6.45, 7) is 11.0. The third-order valence-corrected chi connectivity index (χ3v) is 4.23. The predicted octanol–water partition coefficient (Wildman–Crippen LogP) is 3.98. The van der Waals surface area contributed by atoms with Gasteiger partial charge in [0.2, 0.25) is 0 Å². The summed E-state index contributed by atoms with van der Waals surface area (Å²) in [5.74, 6) is 1.45. The summed E-state index contributed by atoms with van der Waals surface area (Å²) in [7, 11) is 0. The molecule has 1 aliphatic heterocycles. The molecule has 2 rings (SSSR count). The number of hydrogen-bond donors (Lipinski definition) is 1. The first-order valence-electron chi connectivity index (χ1n) is 7.09. The van der Waals surface area contributed by atoms with Crippen LogP contribution in [0.1, 0.15) is 31.4 Å². The maximum absolute atomic E-state index is 5.60. The van der Waals surface area contributed by atoms with E-state index in [0.29, 0.717) is 0 Å². The van der Waals surface area contributed by atoms with Crippen LogP contribution in [0.2, 0.25) is 0 Å². The minimum Gasteiger partial charge on any atom is -0.348 e. The molecule has 2 nitrogen and oxygen atoms in total. The van der Waals surface area contributed by atoms with Gasteiger partial charge < -0.3 is 10.2 Å². The zero-order valence-corrected chi connectivity index (χ0v) is 13.2. The van der Waals surface area contributed by atoms with Crippen molar-refractivity contribution in [2.24, 2.45) is 11.8 Å². The number of nitrogens with zero attached hydrogens (tertiary/aromatic N) is 1. The van der Waals surface area contributed by atoms with Crippen molar-refractivity contribution in [3.8, 4) is 0 Å². The van der Waals surface area contributed by atoms with Gasteiger partial charge in [-0.15, -0.1) is 0 Å². The monoisotopic (exact) mass is 276 g/mol. The van der Waals surface area contributed by atoms with Crippen molar-refractivity contribution >= 4 is 23.0 Å². The molecule has 1 heterocycles. The number of para-hydroxylation sites is 1. The topological polar surface area (TPSA) is 15.3 Å². The predicted molar refractivity (Wildman–Crippen MR) is 86.7 cm³/mol. The van der Waals surface area contributed by atoms with Crippen LogP contribution in [-0.4, -0.2) is 23.1 Å². The first-order valence-corrected chi connectivity index (χ1v) is 7.50. The van der Waals surface area contributed by atoms with Gasteiger partial charge in [0.1, 0.15) is 0 Å². The average Bonchev–Trinajstić information content (AvgIpc) is 2.32. The van der Waals surface area contributed by atoms with Crippen LogP contribution < -0.4 is 5.32 Å². The highest BCUT2D eigenvalue weighted by atomic mass is 32.1. The smallest absolute Gasteiger partial charge is 0.173 e. The number of hydrogen-bond acceptors (Lipinski definition) is 1. The number of likely N-dealkylation sites (tertiary alicyclic amines) is 1. The average molecular weight is 276 g/mol. The van der Waals surface area contributed by atoms with Gasteiger partial charge in [0.25, 0.3) is 0 Å². The molecule has 104 valence electrons. The molecule has 19 heavy (non-hydrogen) atoms. The quantitative estimate of drug-likeness (QED) is 0.781. The van der Waals surface area contributed by atoms with Gasteiger partial charge in [0, 0.05) is 18.8 Å². The summed E-state index contributed by atoms with van der Waals surface area (Å²) in [4.78, 5) is 2.32. The molecule has 1 N–H and O–H groups in total. The lowest BCUT2D eigenvalue weighted by Gasteiger charge is -2.37. The van der Waals surface area contributed by atoms with Crippen LogP contribution in [0.15, 0.2) is 18.2 Å². The van der Waals surface area contributed by atoms with Crippen molar-refractivity contribution in [3.63, 3.8) is 0 Å². The van der Waals surface area contributed by atoms with Crippen molar-refractivity contribution in [1.29, 1.82) is 0 Å². The molecule has 1 aromatic carbocycles. The number of piperidine rings is 1. The molecule has 2 atom stereocenters. The molecule has 0 saturated carbocycles. The van der Waals surface area contributed by atoms with Gasteiger partial charge in [-0.2, -0.15) is 0 Å². The summed E-state index contributed by atoms with van der Waals surface area (Å²) < 4.78 is 0. The summed E-state index contributed by atoms with van der Waals surface area (Å²) in [6, 6.07) is 6.34. The minimum atomic E-state index is 0.724. The minimum absolute atomic E-state index is 0.724. The lowest BCUT2D eigenvalue weighted by molar-refractivity contribution is 0.216. The third kappa shape index (κ3) is 3.47. The number of benzene rings is 1. The first kappa shape index (κ1) is 14.3. The van der Waals surface area contributed by atoms with Crippen LogP contribution in [0.4, 0.5) is 5.69 Å². The van der Waals surface area contributed by atoms with Gasteiger partial charge in [-0.05, 0) is 55.4 Å². The van der Waals surface area contributed by atoms with Crippen LogP contribution in [0.3, 0.4) is 0 Å². The van der Waals surface area contributed by atoms with Crippen LogP contribution in [-0.2, 0) is 0 Å². The van der Waals surface area contributed by atoms with Crippen molar-refractivity contribution in [2.75, 3.05) is 18.4 Å². The Balaban J connectivity index is 2.08. The van der Waals surface area contributed by atoms with E-state index in [9.17, 15) is 0 Å². The fourth-order valence-corrected chi connectivity index (χ4v) is 3.28. The van der Waals surface area contributed by atoms with Crippen LogP contribution in [0.5, 0.6) is 0 Å². The second-order valence-corrected chi connectivity index (χ2v) is 6.43. The van der Waals surface area contributed by atoms with E-state index in [2.05, 4.69) is 56.1 Å². The molecule has 1 aliphatic rings. The molecule has 0 amide bonds. The molecule has 3 heteroatoms. The number of rotatable bonds is 1. The Morgan fingerprint density at radius 1 is 1.16 bits per heavy atom. The molecule has 0 bridgehead atoms. The molecule has 0 radical (unpaired) electrons. The van der Waals surface area contributed by atoms with Crippen molar-refractivity contribution in [1.82, 2.24) is 4.90 Å². The van der Waals surface area contributed by atoms with Crippen LogP contribution in [0, 0.1) is 25.7 Å². The first-order chi connectivity index (χ1) is 8.97. The zero-order valence-electron chi connectivity index (χ0n) is 12.4. The molecule has 0 aromatic heterocycles. The van der Waals surface area contributed by atoms with Crippen LogP contribution >= 0.6 is 12.2 Å². The normalized spacial score (nSPS) is 23.3. The standard InChI is InChI=1S/C16H24N2S/c1-11-8-12(2)10-18(9-11)16(19)17-15-13(3)6-5-7-14(15)4/h5-7,11-12H,8-10H2,1-4H3,(H,17,19). The van der Waals surface area contributed by atoms with E-state index in [1.54, 1.807) is 0 Å². The fourth-order valence-electron chi connectivity index (χ4n) is 3.03. The molecule has 1 saturated heterocycles. The Morgan fingerprint density at radius 3 is 2.21 bits per heavy atom. The van der Waals surface area contributed by atoms with E-state index in [1.165, 1.54) is 23.2 Å². The SMILES string of the molecule is Cc1cccc(C)c1NC(=S)N1CC(C)CC(C)C1. The molecule has 1 aromatic rings. The molecule has 0 aliphatic carbocycles. The second kappa shape index (κ2) is 5.91. The maximum Gasteiger partial charge on any atom is 0.173 e.